The molecule has 2 unspecified atom stereocenters. The summed E-state index contributed by atoms with van der Waals surface area (Å²) in [5.74, 6) is 0. The highest BCUT2D eigenvalue weighted by Crippen LogP contribution is 2.15. The molecule has 2 atom stereocenters. The summed E-state index contributed by atoms with van der Waals surface area (Å²) in [4.78, 5) is 6.56. The van der Waals surface area contributed by atoms with E-state index in [1.165, 1.54) is 24.9 Å². The second-order valence-corrected chi connectivity index (χ2v) is 4.79. The molecule has 0 saturated carbocycles. The van der Waals surface area contributed by atoms with Crippen molar-refractivity contribution in [3.63, 3.8) is 0 Å². The molecule has 1 fully saturated rings. The molecule has 0 amide bonds. The summed E-state index contributed by atoms with van der Waals surface area (Å²) < 4.78 is 0. The zero-order valence-corrected chi connectivity index (χ0v) is 10.2. The Balaban J connectivity index is 1.79. The van der Waals surface area contributed by atoms with E-state index in [4.69, 9.17) is 0 Å². The number of nitrogens with zero attached hydrogens (tertiary/aromatic N) is 2. The second kappa shape index (κ2) is 5.41. The number of nitrogens with one attached hydrogen (secondary N) is 1. The fourth-order valence-electron chi connectivity index (χ4n) is 2.24. The predicted molar refractivity (Wildman–Crippen MR) is 66.2 cm³/mol. The van der Waals surface area contributed by atoms with E-state index in [0.717, 1.165) is 6.54 Å². The molecular weight excluding hydrogens is 198 g/mol. The Bertz CT molecular complexity index is 312. The maximum Gasteiger partial charge on any atom is 0.0312 e. The van der Waals surface area contributed by atoms with Crippen LogP contribution in [0.1, 0.15) is 25.3 Å². The Hall–Kier alpha value is -0.930. The topological polar surface area (TPSA) is 28.2 Å². The van der Waals surface area contributed by atoms with E-state index in [2.05, 4.69) is 35.2 Å². The third-order valence-corrected chi connectivity index (χ3v) is 3.53. The molecule has 0 spiro atoms. The quantitative estimate of drug-likeness (QED) is 0.838. The normalized spacial score (nSPS) is 26.9. The first-order chi connectivity index (χ1) is 7.75. The van der Waals surface area contributed by atoms with Gasteiger partial charge in [-0.25, -0.2) is 0 Å². The van der Waals surface area contributed by atoms with Crippen molar-refractivity contribution in [3.8, 4) is 0 Å². The van der Waals surface area contributed by atoms with E-state index in [0.29, 0.717) is 12.1 Å². The zero-order valence-electron chi connectivity index (χ0n) is 10.2. The second-order valence-electron chi connectivity index (χ2n) is 4.79. The summed E-state index contributed by atoms with van der Waals surface area (Å²) >= 11 is 0. The molecule has 1 aliphatic heterocycles. The molecule has 3 nitrogen and oxygen atoms in total. The largest absolute Gasteiger partial charge is 0.310 e. The summed E-state index contributed by atoms with van der Waals surface area (Å²) in [5, 5.41) is 3.62. The van der Waals surface area contributed by atoms with Crippen LogP contribution in [0.5, 0.6) is 0 Å². The van der Waals surface area contributed by atoms with Crippen molar-refractivity contribution in [1.29, 1.82) is 0 Å². The van der Waals surface area contributed by atoms with Crippen molar-refractivity contribution in [1.82, 2.24) is 15.2 Å². The monoisotopic (exact) mass is 219 g/mol. The minimum absolute atomic E-state index is 0.659. The Morgan fingerprint density at radius 2 is 2.44 bits per heavy atom. The molecule has 88 valence electrons. The number of hydrogen-bond acceptors (Lipinski definition) is 3. The van der Waals surface area contributed by atoms with Crippen LogP contribution in [0, 0.1) is 0 Å². The van der Waals surface area contributed by atoms with Crippen LogP contribution in [0.3, 0.4) is 0 Å². The highest BCUT2D eigenvalue weighted by atomic mass is 15.1. The highest BCUT2D eigenvalue weighted by molar-refractivity contribution is 5.08. The van der Waals surface area contributed by atoms with Gasteiger partial charge in [0.05, 0.1) is 0 Å². The van der Waals surface area contributed by atoms with Crippen molar-refractivity contribution < 1.29 is 0 Å². The number of pyridine rings is 1. The van der Waals surface area contributed by atoms with E-state index in [1.54, 1.807) is 0 Å². The van der Waals surface area contributed by atoms with Gasteiger partial charge in [-0.3, -0.25) is 4.98 Å². The van der Waals surface area contributed by atoms with Gasteiger partial charge in [0, 0.05) is 31.0 Å². The Kier molecular flexibility index (Phi) is 3.91. The molecule has 0 radical (unpaired) electrons. The third-order valence-electron chi connectivity index (χ3n) is 3.53. The molecule has 2 heterocycles. The Labute approximate surface area is 97.9 Å². The van der Waals surface area contributed by atoms with Gasteiger partial charge in [-0.15, -0.1) is 0 Å². The van der Waals surface area contributed by atoms with Gasteiger partial charge >= 0.3 is 0 Å². The zero-order chi connectivity index (χ0) is 11.4. The fourth-order valence-corrected chi connectivity index (χ4v) is 2.24. The first-order valence-corrected chi connectivity index (χ1v) is 6.08. The van der Waals surface area contributed by atoms with Gasteiger partial charge in [0.1, 0.15) is 0 Å². The molecule has 1 saturated heterocycles. The molecule has 0 aromatic carbocycles. The maximum atomic E-state index is 4.13. The van der Waals surface area contributed by atoms with Crippen molar-refractivity contribution in [2.45, 2.75) is 38.4 Å². The van der Waals surface area contributed by atoms with Gasteiger partial charge in [-0.05, 0) is 45.0 Å². The first-order valence-electron chi connectivity index (χ1n) is 6.08. The lowest BCUT2D eigenvalue weighted by atomic mass is 9.99. The van der Waals surface area contributed by atoms with Crippen LogP contribution in [0.2, 0.25) is 0 Å². The van der Waals surface area contributed by atoms with Crippen LogP contribution < -0.4 is 5.32 Å². The van der Waals surface area contributed by atoms with Crippen LogP contribution >= 0.6 is 0 Å². The van der Waals surface area contributed by atoms with Crippen molar-refractivity contribution in [3.05, 3.63) is 30.1 Å². The third kappa shape index (κ3) is 3.03. The minimum Gasteiger partial charge on any atom is -0.310 e. The molecule has 0 bridgehead atoms. The highest BCUT2D eigenvalue weighted by Gasteiger charge is 2.21. The van der Waals surface area contributed by atoms with Crippen molar-refractivity contribution in [2.75, 3.05) is 13.6 Å². The lowest BCUT2D eigenvalue weighted by molar-refractivity contribution is 0.168. The lowest BCUT2D eigenvalue weighted by Crippen LogP contribution is -2.45. The van der Waals surface area contributed by atoms with E-state index in [1.807, 2.05) is 18.5 Å². The van der Waals surface area contributed by atoms with Gasteiger partial charge in [0.15, 0.2) is 0 Å². The lowest BCUT2D eigenvalue weighted by Gasteiger charge is -2.35. The van der Waals surface area contributed by atoms with Gasteiger partial charge in [-0.2, -0.15) is 0 Å². The summed E-state index contributed by atoms with van der Waals surface area (Å²) in [7, 11) is 2.21. The average Bonchev–Trinajstić information content (AvgIpc) is 2.32. The number of rotatable bonds is 3. The minimum atomic E-state index is 0.659. The van der Waals surface area contributed by atoms with Crippen molar-refractivity contribution >= 4 is 0 Å². The van der Waals surface area contributed by atoms with E-state index < -0.39 is 0 Å². The van der Waals surface area contributed by atoms with Gasteiger partial charge in [-0.1, -0.05) is 6.07 Å². The van der Waals surface area contributed by atoms with Crippen LogP contribution in [0.4, 0.5) is 0 Å². The number of likely N-dealkylation sites (tertiary alicyclic amines) is 1. The average molecular weight is 219 g/mol. The number of piperidine rings is 1. The van der Waals surface area contributed by atoms with Crippen LogP contribution in [0.15, 0.2) is 24.5 Å². The van der Waals surface area contributed by atoms with Gasteiger partial charge < -0.3 is 10.2 Å². The molecule has 1 N–H and O–H groups in total. The molecule has 1 aromatic rings. The SMILES string of the molecule is CC1CC(NCc2cccnc2)CCN1C. The van der Waals surface area contributed by atoms with E-state index >= 15 is 0 Å². The summed E-state index contributed by atoms with van der Waals surface area (Å²) in [6, 6.07) is 5.47. The van der Waals surface area contributed by atoms with Crippen LogP contribution in [-0.4, -0.2) is 35.6 Å². The summed E-state index contributed by atoms with van der Waals surface area (Å²) in [5.41, 5.74) is 1.27. The van der Waals surface area contributed by atoms with Crippen molar-refractivity contribution in [2.24, 2.45) is 0 Å². The molecule has 16 heavy (non-hydrogen) atoms. The van der Waals surface area contributed by atoms with Gasteiger partial charge in [0.25, 0.3) is 0 Å². The predicted octanol–water partition coefficient (Wildman–Crippen LogP) is 1.65. The summed E-state index contributed by atoms with van der Waals surface area (Å²) in [6.45, 7) is 4.44. The maximum absolute atomic E-state index is 4.13. The van der Waals surface area contributed by atoms with Crippen LogP contribution in [0.25, 0.3) is 0 Å². The molecule has 0 aliphatic carbocycles. The molecular formula is C13H21N3. The standard InChI is InChI=1S/C13H21N3/c1-11-8-13(5-7-16(11)2)15-10-12-4-3-6-14-9-12/h3-4,6,9,11,13,15H,5,7-8,10H2,1-2H3. The number of hydrogen-bond donors (Lipinski definition) is 1. The number of aromatic nitrogens is 1. The van der Waals surface area contributed by atoms with E-state index in [-0.39, 0.29) is 0 Å². The van der Waals surface area contributed by atoms with Gasteiger partial charge in [0.2, 0.25) is 0 Å². The molecule has 3 heteroatoms. The molecule has 1 aromatic heterocycles. The Morgan fingerprint density at radius 1 is 1.56 bits per heavy atom. The fraction of sp³-hybridized carbons (Fsp3) is 0.615. The molecule has 2 rings (SSSR count). The van der Waals surface area contributed by atoms with E-state index in [9.17, 15) is 0 Å². The molecule has 1 aliphatic rings. The Morgan fingerprint density at radius 3 is 3.12 bits per heavy atom. The van der Waals surface area contributed by atoms with Crippen LogP contribution in [-0.2, 0) is 6.54 Å². The first kappa shape index (κ1) is 11.6. The summed E-state index contributed by atoms with van der Waals surface area (Å²) in [6.07, 6.45) is 6.25. The smallest absolute Gasteiger partial charge is 0.0312 e.